The highest BCUT2D eigenvalue weighted by Gasteiger charge is 1.96. The SMILES string of the molecule is B.O=C(O)CCc1ccccc1. The molecular formula is C9H13BO2. The van der Waals surface area contributed by atoms with Crippen molar-refractivity contribution in [3.05, 3.63) is 35.9 Å². The predicted octanol–water partition coefficient (Wildman–Crippen LogP) is 0.520. The van der Waals surface area contributed by atoms with Gasteiger partial charge in [0.2, 0.25) is 0 Å². The Morgan fingerprint density at radius 2 is 1.83 bits per heavy atom. The van der Waals surface area contributed by atoms with Crippen molar-refractivity contribution in [3.8, 4) is 0 Å². The van der Waals surface area contributed by atoms with Crippen molar-refractivity contribution in [3.63, 3.8) is 0 Å². The standard InChI is InChI=1S/C9H10O2.BH3/c10-9(11)7-6-8-4-2-1-3-5-8;/h1-5H,6-7H2,(H,10,11);1H3. The molecule has 0 aromatic heterocycles. The number of carboxylic acids is 1. The van der Waals surface area contributed by atoms with Crippen molar-refractivity contribution in [2.75, 3.05) is 0 Å². The number of aliphatic carboxylic acids is 1. The third-order valence-corrected chi connectivity index (χ3v) is 1.47. The van der Waals surface area contributed by atoms with Crippen molar-refractivity contribution in [2.24, 2.45) is 0 Å². The van der Waals surface area contributed by atoms with Gasteiger partial charge in [-0.25, -0.2) is 0 Å². The van der Waals surface area contributed by atoms with Gasteiger partial charge in [0.25, 0.3) is 0 Å². The quantitative estimate of drug-likeness (QED) is 0.661. The smallest absolute Gasteiger partial charge is 0.303 e. The van der Waals surface area contributed by atoms with E-state index >= 15 is 0 Å². The lowest BCUT2D eigenvalue weighted by Gasteiger charge is -1.95. The molecule has 0 amide bonds. The van der Waals surface area contributed by atoms with Crippen LogP contribution in [0.15, 0.2) is 30.3 Å². The molecule has 0 atom stereocenters. The van der Waals surface area contributed by atoms with Crippen LogP contribution >= 0.6 is 0 Å². The Balaban J connectivity index is 0.00000121. The molecule has 0 heterocycles. The molecule has 0 aliphatic rings. The van der Waals surface area contributed by atoms with Crippen LogP contribution in [0.1, 0.15) is 12.0 Å². The van der Waals surface area contributed by atoms with Crippen molar-refractivity contribution in [1.82, 2.24) is 0 Å². The van der Waals surface area contributed by atoms with E-state index in [2.05, 4.69) is 0 Å². The number of carboxylic acid groups (broad SMARTS) is 1. The maximum absolute atomic E-state index is 10.2. The molecule has 0 aliphatic heterocycles. The van der Waals surface area contributed by atoms with Gasteiger partial charge in [-0.2, -0.15) is 0 Å². The van der Waals surface area contributed by atoms with E-state index in [0.29, 0.717) is 6.42 Å². The Labute approximate surface area is 73.8 Å². The van der Waals surface area contributed by atoms with E-state index in [1.54, 1.807) is 0 Å². The molecule has 0 saturated heterocycles. The Morgan fingerprint density at radius 3 is 2.33 bits per heavy atom. The summed E-state index contributed by atoms with van der Waals surface area (Å²) in [7, 11) is 0. The number of rotatable bonds is 3. The van der Waals surface area contributed by atoms with Crippen LogP contribution in [-0.2, 0) is 11.2 Å². The van der Waals surface area contributed by atoms with Gasteiger partial charge in [0.15, 0.2) is 0 Å². The molecule has 64 valence electrons. The van der Waals surface area contributed by atoms with Gasteiger partial charge in [-0.1, -0.05) is 30.3 Å². The lowest BCUT2D eigenvalue weighted by atomic mass is 10.1. The number of carbonyl (C=O) groups is 1. The molecule has 0 bridgehead atoms. The highest BCUT2D eigenvalue weighted by Crippen LogP contribution is 2.01. The minimum Gasteiger partial charge on any atom is -0.481 e. The Morgan fingerprint density at radius 1 is 1.25 bits per heavy atom. The van der Waals surface area contributed by atoms with Gasteiger partial charge in [-0.3, -0.25) is 4.79 Å². The maximum atomic E-state index is 10.2. The van der Waals surface area contributed by atoms with Gasteiger partial charge in [0, 0.05) is 6.42 Å². The average molecular weight is 164 g/mol. The van der Waals surface area contributed by atoms with Gasteiger partial charge in [0.05, 0.1) is 8.41 Å². The molecule has 0 fully saturated rings. The molecule has 12 heavy (non-hydrogen) atoms. The van der Waals surface area contributed by atoms with Crippen LogP contribution in [-0.4, -0.2) is 19.5 Å². The fraction of sp³-hybridized carbons (Fsp3) is 0.222. The zero-order valence-electron chi connectivity index (χ0n) is 6.16. The minimum absolute atomic E-state index is 0. The molecule has 0 saturated carbocycles. The van der Waals surface area contributed by atoms with Crippen molar-refractivity contribution in [2.45, 2.75) is 12.8 Å². The Bertz CT molecular complexity index is 234. The van der Waals surface area contributed by atoms with Gasteiger partial charge in [0.1, 0.15) is 0 Å². The molecule has 3 heteroatoms. The number of aryl methyl sites for hydroxylation is 1. The summed E-state index contributed by atoms with van der Waals surface area (Å²) >= 11 is 0. The third kappa shape index (κ3) is 3.81. The fourth-order valence-corrected chi connectivity index (χ4v) is 0.896. The second kappa shape index (κ2) is 5.41. The molecule has 0 aliphatic carbocycles. The first-order chi connectivity index (χ1) is 5.29. The van der Waals surface area contributed by atoms with E-state index < -0.39 is 5.97 Å². The van der Waals surface area contributed by atoms with Gasteiger partial charge in [-0.05, 0) is 12.0 Å². The molecule has 0 unspecified atom stereocenters. The summed E-state index contributed by atoms with van der Waals surface area (Å²) in [4.78, 5) is 10.2. The molecule has 0 spiro atoms. The average Bonchev–Trinajstić information content (AvgIpc) is 2.03. The first-order valence-electron chi connectivity index (χ1n) is 3.55. The first kappa shape index (κ1) is 10.8. The van der Waals surface area contributed by atoms with Crippen molar-refractivity contribution < 1.29 is 9.90 Å². The first-order valence-corrected chi connectivity index (χ1v) is 3.55. The van der Waals surface area contributed by atoms with E-state index in [9.17, 15) is 4.79 Å². The lowest BCUT2D eigenvalue weighted by Crippen LogP contribution is -1.96. The zero-order chi connectivity index (χ0) is 8.10. The van der Waals surface area contributed by atoms with E-state index in [4.69, 9.17) is 5.11 Å². The van der Waals surface area contributed by atoms with Crippen molar-refractivity contribution in [1.29, 1.82) is 0 Å². The summed E-state index contributed by atoms with van der Waals surface area (Å²) < 4.78 is 0. The van der Waals surface area contributed by atoms with Crippen LogP contribution in [0.3, 0.4) is 0 Å². The van der Waals surface area contributed by atoms with Crippen LogP contribution in [0, 0.1) is 0 Å². The summed E-state index contributed by atoms with van der Waals surface area (Å²) in [6.07, 6.45) is 0.834. The van der Waals surface area contributed by atoms with Gasteiger partial charge >= 0.3 is 5.97 Å². The van der Waals surface area contributed by atoms with Crippen LogP contribution < -0.4 is 0 Å². The lowest BCUT2D eigenvalue weighted by molar-refractivity contribution is -0.136. The van der Waals surface area contributed by atoms with Gasteiger partial charge in [-0.15, -0.1) is 0 Å². The maximum Gasteiger partial charge on any atom is 0.303 e. The van der Waals surface area contributed by atoms with Crippen LogP contribution in [0.25, 0.3) is 0 Å². The largest absolute Gasteiger partial charge is 0.481 e. The molecular weight excluding hydrogens is 151 g/mol. The van der Waals surface area contributed by atoms with Crippen molar-refractivity contribution >= 4 is 14.4 Å². The number of hydrogen-bond donors (Lipinski definition) is 1. The highest BCUT2D eigenvalue weighted by atomic mass is 16.4. The normalized spacial score (nSPS) is 8.67. The second-order valence-corrected chi connectivity index (χ2v) is 2.38. The molecule has 0 radical (unpaired) electrons. The Kier molecular flexibility index (Phi) is 4.85. The fourth-order valence-electron chi connectivity index (χ4n) is 0.896. The van der Waals surface area contributed by atoms with E-state index in [1.165, 1.54) is 0 Å². The molecule has 2 nitrogen and oxygen atoms in total. The summed E-state index contributed by atoms with van der Waals surface area (Å²) in [5.41, 5.74) is 1.08. The molecule has 1 aromatic carbocycles. The summed E-state index contributed by atoms with van der Waals surface area (Å²) in [6.45, 7) is 0. The Hall–Kier alpha value is -1.25. The molecule has 1 N–H and O–H groups in total. The summed E-state index contributed by atoms with van der Waals surface area (Å²) in [5.74, 6) is -0.742. The minimum atomic E-state index is -0.742. The van der Waals surface area contributed by atoms with Crippen LogP contribution in [0.5, 0.6) is 0 Å². The number of hydrogen-bond acceptors (Lipinski definition) is 1. The van der Waals surface area contributed by atoms with Crippen LogP contribution in [0.2, 0.25) is 0 Å². The van der Waals surface area contributed by atoms with E-state index in [-0.39, 0.29) is 14.8 Å². The third-order valence-electron chi connectivity index (χ3n) is 1.47. The van der Waals surface area contributed by atoms with Crippen LogP contribution in [0.4, 0.5) is 0 Å². The molecule has 1 rings (SSSR count). The van der Waals surface area contributed by atoms with E-state index in [1.807, 2.05) is 30.3 Å². The second-order valence-electron chi connectivity index (χ2n) is 2.38. The van der Waals surface area contributed by atoms with E-state index in [0.717, 1.165) is 5.56 Å². The highest BCUT2D eigenvalue weighted by molar-refractivity contribution is 5.75. The summed E-state index contributed by atoms with van der Waals surface area (Å²) in [6, 6.07) is 9.62. The molecule has 1 aromatic rings. The monoisotopic (exact) mass is 164 g/mol. The van der Waals surface area contributed by atoms with Gasteiger partial charge < -0.3 is 5.11 Å². The number of benzene rings is 1. The predicted molar refractivity (Wildman–Crippen MR) is 52.3 cm³/mol. The summed E-state index contributed by atoms with van der Waals surface area (Å²) in [5, 5.41) is 8.37. The topological polar surface area (TPSA) is 37.3 Å². The zero-order valence-corrected chi connectivity index (χ0v) is 6.16.